The Bertz CT molecular complexity index is 496. The molecule has 0 aliphatic rings. The van der Waals surface area contributed by atoms with E-state index in [0.717, 1.165) is 5.56 Å². The molecule has 0 aromatic heterocycles. The number of nitrogens with zero attached hydrogens (tertiary/aromatic N) is 1. The first-order valence-corrected chi connectivity index (χ1v) is 6.69. The highest BCUT2D eigenvalue weighted by molar-refractivity contribution is 5.97. The summed E-state index contributed by atoms with van der Waals surface area (Å²) in [6, 6.07) is 5.30. The second-order valence-corrected chi connectivity index (χ2v) is 5.29. The summed E-state index contributed by atoms with van der Waals surface area (Å²) in [5.41, 5.74) is 7.79. The molecule has 0 aliphatic heterocycles. The minimum absolute atomic E-state index is 0.00324. The predicted octanol–water partition coefficient (Wildman–Crippen LogP) is 1.76. The van der Waals surface area contributed by atoms with E-state index < -0.39 is 0 Å². The Balaban J connectivity index is 2.81. The van der Waals surface area contributed by atoms with Crippen molar-refractivity contribution < 1.29 is 9.59 Å². The third-order valence-corrected chi connectivity index (χ3v) is 2.99. The minimum Gasteiger partial charge on any atom is -0.345 e. The Hall–Kier alpha value is -1.88. The van der Waals surface area contributed by atoms with Gasteiger partial charge in [0.1, 0.15) is 0 Å². The molecule has 1 aromatic carbocycles. The second-order valence-electron chi connectivity index (χ2n) is 5.29. The number of carbonyl (C=O) groups excluding carboxylic acids is 2. The molecule has 5 nitrogen and oxygen atoms in total. The van der Waals surface area contributed by atoms with E-state index in [1.807, 2.05) is 19.9 Å². The molecular weight excluding hydrogens is 254 g/mol. The van der Waals surface area contributed by atoms with E-state index in [2.05, 4.69) is 5.32 Å². The monoisotopic (exact) mass is 277 g/mol. The summed E-state index contributed by atoms with van der Waals surface area (Å²) in [6.07, 6.45) is 1.02. The van der Waals surface area contributed by atoms with Gasteiger partial charge in [-0.2, -0.15) is 0 Å². The van der Waals surface area contributed by atoms with Crippen molar-refractivity contribution in [2.24, 2.45) is 5.73 Å². The lowest BCUT2D eigenvalue weighted by Gasteiger charge is -2.14. The van der Waals surface area contributed by atoms with Gasteiger partial charge in [-0.3, -0.25) is 9.59 Å². The third-order valence-electron chi connectivity index (χ3n) is 2.99. The number of rotatable bonds is 5. The quantitative estimate of drug-likeness (QED) is 0.861. The summed E-state index contributed by atoms with van der Waals surface area (Å²) < 4.78 is 0. The fourth-order valence-corrected chi connectivity index (χ4v) is 1.72. The van der Waals surface area contributed by atoms with Gasteiger partial charge in [0.05, 0.1) is 0 Å². The molecule has 1 atom stereocenters. The fraction of sp³-hybridized carbons (Fsp3) is 0.467. The number of hydrogen-bond acceptors (Lipinski definition) is 3. The van der Waals surface area contributed by atoms with Gasteiger partial charge in [0.15, 0.2) is 0 Å². The molecule has 0 radical (unpaired) electrons. The average Bonchev–Trinajstić information content (AvgIpc) is 2.38. The molecule has 0 spiro atoms. The number of nitrogens with one attached hydrogen (secondary N) is 1. The van der Waals surface area contributed by atoms with Crippen LogP contribution in [-0.2, 0) is 4.79 Å². The average molecular weight is 277 g/mol. The highest BCUT2D eigenvalue weighted by atomic mass is 16.2. The van der Waals surface area contributed by atoms with Crippen LogP contribution in [0.3, 0.4) is 0 Å². The van der Waals surface area contributed by atoms with Crippen LogP contribution in [-0.4, -0.2) is 36.9 Å². The van der Waals surface area contributed by atoms with Crippen molar-refractivity contribution in [3.63, 3.8) is 0 Å². The van der Waals surface area contributed by atoms with Gasteiger partial charge in [-0.1, -0.05) is 6.07 Å². The van der Waals surface area contributed by atoms with Gasteiger partial charge in [0.2, 0.25) is 5.91 Å². The van der Waals surface area contributed by atoms with Crippen molar-refractivity contribution >= 4 is 17.5 Å². The summed E-state index contributed by atoms with van der Waals surface area (Å²) in [4.78, 5) is 25.2. The number of amides is 2. The number of anilines is 1. The summed E-state index contributed by atoms with van der Waals surface area (Å²) in [5, 5.41) is 2.83. The van der Waals surface area contributed by atoms with Crippen LogP contribution in [0.2, 0.25) is 0 Å². The van der Waals surface area contributed by atoms with E-state index in [1.165, 1.54) is 4.90 Å². The van der Waals surface area contributed by atoms with Crippen molar-refractivity contribution in [3.8, 4) is 0 Å². The molecule has 0 fully saturated rings. The number of nitrogens with two attached hydrogens (primary N) is 1. The lowest BCUT2D eigenvalue weighted by atomic mass is 10.1. The molecule has 3 N–H and O–H groups in total. The summed E-state index contributed by atoms with van der Waals surface area (Å²) >= 11 is 0. The predicted molar refractivity (Wildman–Crippen MR) is 80.7 cm³/mol. The maximum absolute atomic E-state index is 11.9. The standard InChI is InChI=1S/C15H23N3O2/c1-10-5-7-12(15(20)18(3)4)9-13(10)17-14(19)8-6-11(2)16/h5,7,9,11H,6,8,16H2,1-4H3,(H,17,19). The first kappa shape index (κ1) is 16.2. The maximum atomic E-state index is 11.9. The van der Waals surface area contributed by atoms with Crippen LogP contribution < -0.4 is 11.1 Å². The van der Waals surface area contributed by atoms with Crippen LogP contribution in [0.15, 0.2) is 18.2 Å². The SMILES string of the molecule is Cc1ccc(C(=O)N(C)C)cc1NC(=O)CCC(C)N. The topological polar surface area (TPSA) is 75.4 Å². The molecule has 5 heteroatoms. The molecule has 0 saturated heterocycles. The maximum Gasteiger partial charge on any atom is 0.253 e. The number of hydrogen-bond donors (Lipinski definition) is 2. The van der Waals surface area contributed by atoms with E-state index in [0.29, 0.717) is 24.1 Å². The van der Waals surface area contributed by atoms with E-state index >= 15 is 0 Å². The Morgan fingerprint density at radius 3 is 2.55 bits per heavy atom. The third kappa shape index (κ3) is 4.66. The van der Waals surface area contributed by atoms with E-state index in [1.54, 1.807) is 26.2 Å². The van der Waals surface area contributed by atoms with Crippen molar-refractivity contribution in [1.82, 2.24) is 4.90 Å². The largest absolute Gasteiger partial charge is 0.345 e. The molecule has 110 valence electrons. The van der Waals surface area contributed by atoms with Gasteiger partial charge >= 0.3 is 0 Å². The lowest BCUT2D eigenvalue weighted by molar-refractivity contribution is -0.116. The van der Waals surface area contributed by atoms with Crippen molar-refractivity contribution in [1.29, 1.82) is 0 Å². The Labute approximate surface area is 120 Å². The highest BCUT2D eigenvalue weighted by Gasteiger charge is 2.11. The van der Waals surface area contributed by atoms with E-state index in [9.17, 15) is 9.59 Å². The van der Waals surface area contributed by atoms with Gasteiger partial charge in [-0.05, 0) is 38.0 Å². The molecule has 0 aliphatic carbocycles. The highest BCUT2D eigenvalue weighted by Crippen LogP contribution is 2.18. The summed E-state index contributed by atoms with van der Waals surface area (Å²) in [5.74, 6) is -0.170. The van der Waals surface area contributed by atoms with Crippen LogP contribution in [0.1, 0.15) is 35.7 Å². The zero-order valence-corrected chi connectivity index (χ0v) is 12.6. The van der Waals surface area contributed by atoms with Crippen molar-refractivity contribution in [2.45, 2.75) is 32.7 Å². The molecule has 0 bridgehead atoms. The van der Waals surface area contributed by atoms with Gasteiger partial charge < -0.3 is 16.0 Å². The van der Waals surface area contributed by atoms with Crippen LogP contribution >= 0.6 is 0 Å². The van der Waals surface area contributed by atoms with Gasteiger partial charge in [0.25, 0.3) is 5.91 Å². The number of benzene rings is 1. The molecule has 1 aromatic rings. The Kier molecular flexibility index (Phi) is 5.70. The molecular formula is C15H23N3O2. The van der Waals surface area contributed by atoms with E-state index in [4.69, 9.17) is 5.73 Å². The lowest BCUT2D eigenvalue weighted by Crippen LogP contribution is -2.22. The molecule has 1 rings (SSSR count). The molecule has 2 amide bonds. The first-order valence-electron chi connectivity index (χ1n) is 6.69. The molecule has 1 unspecified atom stereocenters. The molecule has 0 saturated carbocycles. The van der Waals surface area contributed by atoms with Crippen LogP contribution in [0, 0.1) is 6.92 Å². The zero-order valence-electron chi connectivity index (χ0n) is 12.6. The zero-order chi connectivity index (χ0) is 15.3. The number of carbonyl (C=O) groups is 2. The van der Waals surface area contributed by atoms with Crippen LogP contribution in [0.5, 0.6) is 0 Å². The summed E-state index contributed by atoms with van der Waals surface area (Å²) in [7, 11) is 3.40. The van der Waals surface area contributed by atoms with Crippen LogP contribution in [0.4, 0.5) is 5.69 Å². The Morgan fingerprint density at radius 2 is 2.00 bits per heavy atom. The van der Waals surface area contributed by atoms with Gasteiger partial charge in [0, 0.05) is 37.8 Å². The minimum atomic E-state index is -0.0870. The van der Waals surface area contributed by atoms with Gasteiger partial charge in [-0.25, -0.2) is 0 Å². The first-order chi connectivity index (χ1) is 9.31. The van der Waals surface area contributed by atoms with Crippen LogP contribution in [0.25, 0.3) is 0 Å². The van der Waals surface area contributed by atoms with E-state index in [-0.39, 0.29) is 17.9 Å². The molecule has 0 heterocycles. The Morgan fingerprint density at radius 1 is 1.35 bits per heavy atom. The normalized spacial score (nSPS) is 11.8. The number of aryl methyl sites for hydroxylation is 1. The molecule has 20 heavy (non-hydrogen) atoms. The van der Waals surface area contributed by atoms with Crippen molar-refractivity contribution in [3.05, 3.63) is 29.3 Å². The van der Waals surface area contributed by atoms with Crippen molar-refractivity contribution in [2.75, 3.05) is 19.4 Å². The summed E-state index contributed by atoms with van der Waals surface area (Å²) in [6.45, 7) is 3.76. The smallest absolute Gasteiger partial charge is 0.253 e. The second kappa shape index (κ2) is 7.05. The fourth-order valence-electron chi connectivity index (χ4n) is 1.72. The van der Waals surface area contributed by atoms with Gasteiger partial charge in [-0.15, -0.1) is 0 Å².